The van der Waals surface area contributed by atoms with Gasteiger partial charge in [-0.1, -0.05) is 73.9 Å². The molecular weight excluding hydrogens is 777 g/mol. The van der Waals surface area contributed by atoms with Gasteiger partial charge in [0, 0.05) is 40.5 Å². The molecule has 7 atom stereocenters. The molecule has 1 rings (SSSR count). The first-order valence-electron chi connectivity index (χ1n) is 20.5. The van der Waals surface area contributed by atoms with Crippen LogP contribution in [-0.4, -0.2) is 128 Å². The third-order valence-corrected chi connectivity index (χ3v) is 10.6. The molecule has 0 spiro atoms. The molecular formula is C41H72N10O9. The Hall–Kier alpha value is -5.01. The molecule has 0 bridgehead atoms. The minimum atomic E-state index is -0.940. The molecule has 0 fully saturated rings. The van der Waals surface area contributed by atoms with Crippen molar-refractivity contribution >= 4 is 47.3 Å². The molecule has 19 heteroatoms. The second-order valence-corrected chi connectivity index (χ2v) is 16.3. The van der Waals surface area contributed by atoms with Crippen LogP contribution in [0.5, 0.6) is 0 Å². The number of hydrogen-bond donors (Lipinski definition) is 7. The van der Waals surface area contributed by atoms with Crippen LogP contribution in [0, 0.1) is 23.7 Å². The first-order chi connectivity index (χ1) is 28.0. The third kappa shape index (κ3) is 16.6. The number of nitrogens with two attached hydrogens (primary N) is 3. The highest BCUT2D eigenvalue weighted by molar-refractivity contribution is 5.98. The zero-order valence-corrected chi connectivity index (χ0v) is 37.6. The SMILES string of the molecule is CC[C@H](C)[C@@H]([C@@H](CC(N)=O)OC)N(C)C(=O)[C@@H](NC(=O)[C@H](C(C)C)N(C)N(C)C(=O)OCc1ccc(NC(=O)[C@H](CCCNC(N)=O)NC(=O)[C@@H](N)C(C)C)cc1)C(C)C. The van der Waals surface area contributed by atoms with Crippen LogP contribution >= 0.6 is 0 Å². The van der Waals surface area contributed by atoms with Crippen molar-refractivity contribution in [3.63, 3.8) is 0 Å². The van der Waals surface area contributed by atoms with Gasteiger partial charge in [0.15, 0.2) is 0 Å². The van der Waals surface area contributed by atoms with Crippen molar-refractivity contribution < 1.29 is 43.0 Å². The van der Waals surface area contributed by atoms with Gasteiger partial charge in [0.2, 0.25) is 29.5 Å². The fourth-order valence-corrected chi connectivity index (χ4v) is 6.63. The van der Waals surface area contributed by atoms with Crippen molar-refractivity contribution in [3.8, 4) is 0 Å². The van der Waals surface area contributed by atoms with Crippen LogP contribution in [0.25, 0.3) is 0 Å². The number of nitrogens with zero attached hydrogens (tertiary/aromatic N) is 3. The number of rotatable bonds is 25. The molecule has 10 N–H and O–H groups in total. The number of hydrazine groups is 1. The smallest absolute Gasteiger partial charge is 0.424 e. The lowest BCUT2D eigenvalue weighted by molar-refractivity contribution is -0.146. The van der Waals surface area contributed by atoms with Crippen molar-refractivity contribution in [2.45, 2.75) is 124 Å². The van der Waals surface area contributed by atoms with E-state index in [9.17, 15) is 33.6 Å². The number of ether oxygens (including phenoxy) is 2. The summed E-state index contributed by atoms with van der Waals surface area (Å²) in [7, 11) is 6.15. The second kappa shape index (κ2) is 25.6. The van der Waals surface area contributed by atoms with Crippen LogP contribution in [0.2, 0.25) is 0 Å². The van der Waals surface area contributed by atoms with E-state index in [4.69, 9.17) is 26.7 Å². The quantitative estimate of drug-likeness (QED) is 0.0551. The topological polar surface area (TPSA) is 274 Å². The number of urea groups is 1. The highest BCUT2D eigenvalue weighted by atomic mass is 16.6. The third-order valence-electron chi connectivity index (χ3n) is 10.6. The van der Waals surface area contributed by atoms with Gasteiger partial charge >= 0.3 is 12.1 Å². The number of primary amides is 2. The van der Waals surface area contributed by atoms with Crippen LogP contribution in [0.15, 0.2) is 24.3 Å². The van der Waals surface area contributed by atoms with Crippen LogP contribution in [0.4, 0.5) is 15.3 Å². The maximum Gasteiger partial charge on any atom is 0.424 e. The summed E-state index contributed by atoms with van der Waals surface area (Å²) in [4.78, 5) is 91.6. The monoisotopic (exact) mass is 849 g/mol. The van der Waals surface area contributed by atoms with E-state index in [-0.39, 0.29) is 55.6 Å². The number of likely N-dealkylation sites (N-methyl/N-ethyl adjacent to an activating group) is 2. The Morgan fingerprint density at radius 3 is 1.88 bits per heavy atom. The Balaban J connectivity index is 3.05. The number of methoxy groups -OCH3 is 1. The van der Waals surface area contributed by atoms with Crippen molar-refractivity contribution in [1.29, 1.82) is 0 Å². The van der Waals surface area contributed by atoms with E-state index in [0.29, 0.717) is 24.1 Å². The van der Waals surface area contributed by atoms with Gasteiger partial charge in [0.05, 0.1) is 24.6 Å². The number of amides is 8. The summed E-state index contributed by atoms with van der Waals surface area (Å²) in [6.45, 7) is 14.9. The maximum absolute atomic E-state index is 14.1. The Morgan fingerprint density at radius 2 is 1.40 bits per heavy atom. The molecule has 0 radical (unpaired) electrons. The van der Waals surface area contributed by atoms with E-state index >= 15 is 0 Å². The number of anilines is 1. The molecule has 0 aliphatic heterocycles. The van der Waals surface area contributed by atoms with E-state index in [1.165, 1.54) is 29.1 Å². The molecule has 8 amide bonds. The molecule has 0 heterocycles. The lowest BCUT2D eigenvalue weighted by atomic mass is 9.90. The van der Waals surface area contributed by atoms with Crippen LogP contribution in [-0.2, 0) is 40.1 Å². The van der Waals surface area contributed by atoms with Crippen LogP contribution in [0.3, 0.4) is 0 Å². The average Bonchev–Trinajstić information content (AvgIpc) is 3.18. The normalized spacial score (nSPS) is 14.9. The number of benzene rings is 1. The minimum Gasteiger partial charge on any atom is -0.444 e. The van der Waals surface area contributed by atoms with Crippen molar-refractivity contribution in [3.05, 3.63) is 29.8 Å². The van der Waals surface area contributed by atoms with Gasteiger partial charge < -0.3 is 52.8 Å². The summed E-state index contributed by atoms with van der Waals surface area (Å²) in [6, 6.07) is 1.78. The number of carbonyl (C=O) groups excluding carboxylic acids is 7. The van der Waals surface area contributed by atoms with E-state index in [1.54, 1.807) is 52.2 Å². The van der Waals surface area contributed by atoms with E-state index < -0.39 is 72.1 Å². The van der Waals surface area contributed by atoms with Gasteiger partial charge in [-0.3, -0.25) is 24.0 Å². The Kier molecular flexibility index (Phi) is 22.6. The fourth-order valence-electron chi connectivity index (χ4n) is 6.63. The van der Waals surface area contributed by atoms with Crippen LogP contribution in [0.1, 0.15) is 86.6 Å². The summed E-state index contributed by atoms with van der Waals surface area (Å²) in [5.74, 6) is -3.18. The van der Waals surface area contributed by atoms with Gasteiger partial charge in [0.25, 0.3) is 0 Å². The average molecular weight is 849 g/mol. The minimum absolute atomic E-state index is 0.0526. The summed E-state index contributed by atoms with van der Waals surface area (Å²) in [5, 5.41) is 13.5. The molecule has 0 saturated carbocycles. The highest BCUT2D eigenvalue weighted by Gasteiger charge is 2.39. The highest BCUT2D eigenvalue weighted by Crippen LogP contribution is 2.24. The summed E-state index contributed by atoms with van der Waals surface area (Å²) >= 11 is 0. The summed E-state index contributed by atoms with van der Waals surface area (Å²) in [5.41, 5.74) is 17.6. The van der Waals surface area contributed by atoms with Crippen molar-refractivity contribution in [2.75, 3.05) is 40.1 Å². The number of carbonyl (C=O) groups is 7. The van der Waals surface area contributed by atoms with E-state index in [0.717, 1.165) is 0 Å². The van der Waals surface area contributed by atoms with Gasteiger partial charge in [-0.05, 0) is 54.2 Å². The zero-order valence-electron chi connectivity index (χ0n) is 37.6. The predicted octanol–water partition coefficient (Wildman–Crippen LogP) is 1.89. The molecule has 0 aliphatic carbocycles. The Bertz CT molecular complexity index is 1580. The van der Waals surface area contributed by atoms with Crippen molar-refractivity contribution in [1.82, 2.24) is 30.9 Å². The number of nitrogens with one attached hydrogen (secondary N) is 4. The van der Waals surface area contributed by atoms with E-state index in [1.807, 2.05) is 41.5 Å². The van der Waals surface area contributed by atoms with Gasteiger partial charge in [-0.15, -0.1) is 0 Å². The Labute approximate surface area is 355 Å². The standard InChI is InChI=1S/C41H72N10O9/c1-13-26(8)35(30(59-12)21-31(42)52)49(9)39(56)33(24(4)5)48-38(55)34(25(6)7)50(10)51(11)41(58)60-22-27-16-18-28(19-17-27)46-36(53)29(15-14-20-45-40(44)57)47-37(54)32(43)23(2)3/h16-19,23-26,29-30,32-35H,13-15,20-22,43H2,1-12H3,(H2,42,52)(H,46,53)(H,47,54)(H,48,55)(H3,44,45,57)/t26-,29-,30+,32-,33-,34-,35-/m0/s1. The summed E-state index contributed by atoms with van der Waals surface area (Å²) in [6.07, 6.45) is -0.202. The molecule has 19 nitrogen and oxygen atoms in total. The maximum atomic E-state index is 14.1. The Morgan fingerprint density at radius 1 is 0.800 bits per heavy atom. The van der Waals surface area contributed by atoms with Gasteiger partial charge in [-0.2, -0.15) is 0 Å². The summed E-state index contributed by atoms with van der Waals surface area (Å²) < 4.78 is 11.2. The second-order valence-electron chi connectivity index (χ2n) is 16.3. The molecule has 340 valence electrons. The zero-order chi connectivity index (χ0) is 46.0. The first kappa shape index (κ1) is 53.0. The molecule has 0 aromatic heterocycles. The molecule has 1 aromatic carbocycles. The molecule has 0 aliphatic rings. The van der Waals surface area contributed by atoms with E-state index in [2.05, 4.69) is 21.3 Å². The number of hydrogen-bond acceptors (Lipinski definition) is 11. The molecule has 0 unspecified atom stereocenters. The fraction of sp³-hybridized carbons (Fsp3) is 0.683. The van der Waals surface area contributed by atoms with Gasteiger partial charge in [-0.25, -0.2) is 19.6 Å². The molecule has 60 heavy (non-hydrogen) atoms. The largest absolute Gasteiger partial charge is 0.444 e. The lowest BCUT2D eigenvalue weighted by Gasteiger charge is -2.40. The lowest BCUT2D eigenvalue weighted by Crippen LogP contribution is -2.61. The van der Waals surface area contributed by atoms with Gasteiger partial charge in [0.1, 0.15) is 24.7 Å². The first-order valence-corrected chi connectivity index (χ1v) is 20.5. The van der Waals surface area contributed by atoms with Crippen molar-refractivity contribution in [2.24, 2.45) is 40.9 Å². The molecule has 1 aromatic rings. The predicted molar refractivity (Wildman–Crippen MR) is 228 cm³/mol. The van der Waals surface area contributed by atoms with Crippen LogP contribution < -0.4 is 38.5 Å². The molecule has 0 saturated heterocycles.